The van der Waals surface area contributed by atoms with Gasteiger partial charge in [-0.25, -0.2) is 22.6 Å². The average Bonchev–Trinajstić information content (AvgIpc) is 3.39. The summed E-state index contributed by atoms with van der Waals surface area (Å²) in [5, 5.41) is 10.9. The number of anilines is 1. The molecule has 0 bridgehead atoms. The van der Waals surface area contributed by atoms with Crippen LogP contribution in [0.25, 0.3) is 17.0 Å². The van der Waals surface area contributed by atoms with Gasteiger partial charge in [-0.15, -0.1) is 0 Å². The number of hydrogen-bond acceptors (Lipinski definition) is 8. The molecule has 2 aromatic rings. The van der Waals surface area contributed by atoms with E-state index in [0.717, 1.165) is 12.0 Å². The number of amides is 1. The van der Waals surface area contributed by atoms with E-state index < -0.39 is 27.7 Å². The molecule has 1 fully saturated rings. The predicted molar refractivity (Wildman–Crippen MR) is 140 cm³/mol. The van der Waals surface area contributed by atoms with E-state index in [1.54, 1.807) is 10.9 Å². The highest BCUT2D eigenvalue weighted by Crippen LogP contribution is 2.45. The van der Waals surface area contributed by atoms with E-state index in [1.807, 2.05) is 37.9 Å². The fourth-order valence-electron chi connectivity index (χ4n) is 4.04. The number of sulfonamides is 1. The number of carbonyl (C=O) groups is 1. The summed E-state index contributed by atoms with van der Waals surface area (Å²) in [6.07, 6.45) is 5.72. The van der Waals surface area contributed by atoms with Crippen molar-refractivity contribution in [3.8, 4) is 11.3 Å². The second-order valence-electron chi connectivity index (χ2n) is 9.30. The third-order valence-corrected chi connectivity index (χ3v) is 6.71. The van der Waals surface area contributed by atoms with Gasteiger partial charge in [0.2, 0.25) is 15.8 Å². The van der Waals surface area contributed by atoms with Crippen molar-refractivity contribution in [3.05, 3.63) is 40.8 Å². The molecule has 2 atom stereocenters. The molecule has 1 aromatic heterocycles. The van der Waals surface area contributed by atoms with Crippen LogP contribution in [0.15, 0.2) is 29.4 Å². The molecule has 0 aliphatic carbocycles. The number of nitrogens with zero attached hydrogens (tertiary/aromatic N) is 4. The Balaban J connectivity index is 1.68. The van der Waals surface area contributed by atoms with Crippen LogP contribution in [0.2, 0.25) is 5.02 Å². The second-order valence-corrected chi connectivity index (χ2v) is 11.5. The zero-order valence-corrected chi connectivity index (χ0v) is 22.6. The van der Waals surface area contributed by atoms with Gasteiger partial charge in [0.25, 0.3) is 0 Å². The van der Waals surface area contributed by atoms with E-state index in [1.165, 1.54) is 19.2 Å². The first-order chi connectivity index (χ1) is 17.3. The van der Waals surface area contributed by atoms with Crippen molar-refractivity contribution in [2.75, 3.05) is 31.2 Å². The average molecular weight is 554 g/mol. The number of aliphatic imine (C=N–C) groups is 1. The van der Waals surface area contributed by atoms with Crippen molar-refractivity contribution < 1.29 is 22.3 Å². The molecule has 200 valence electrons. The second kappa shape index (κ2) is 9.95. The Bertz CT molecular complexity index is 1390. The SMILES string of the molecule is COC(=O)N[C@@H](C)CNC12CN1C(c1cn(C(C)C)nc1-c1cc(Cl)cc(NS(C)(=O)=O)c1F)=CC=N2. The number of hydrogen-bond donors (Lipinski definition) is 3. The van der Waals surface area contributed by atoms with Crippen molar-refractivity contribution in [1.82, 2.24) is 25.3 Å². The maximum atomic E-state index is 15.6. The number of halogens is 2. The van der Waals surface area contributed by atoms with E-state index in [9.17, 15) is 13.2 Å². The van der Waals surface area contributed by atoms with Gasteiger partial charge in [-0.05, 0) is 39.0 Å². The number of rotatable bonds is 9. The molecule has 1 unspecified atom stereocenters. The van der Waals surface area contributed by atoms with E-state index in [0.29, 0.717) is 24.3 Å². The Labute approximate surface area is 219 Å². The normalized spacial score (nSPS) is 19.4. The van der Waals surface area contributed by atoms with Crippen molar-refractivity contribution in [2.45, 2.75) is 38.6 Å². The number of ether oxygens (including phenoxy) is 1. The zero-order valence-electron chi connectivity index (χ0n) is 21.0. The molecule has 3 N–H and O–H groups in total. The Morgan fingerprint density at radius 1 is 1.30 bits per heavy atom. The highest BCUT2D eigenvalue weighted by atomic mass is 35.5. The molecule has 4 rings (SSSR count). The smallest absolute Gasteiger partial charge is 0.407 e. The fourth-order valence-corrected chi connectivity index (χ4v) is 4.81. The van der Waals surface area contributed by atoms with Crippen molar-refractivity contribution in [1.29, 1.82) is 0 Å². The van der Waals surface area contributed by atoms with Gasteiger partial charge in [-0.1, -0.05) is 11.6 Å². The Kier molecular flexibility index (Phi) is 7.23. The minimum Gasteiger partial charge on any atom is -0.453 e. The van der Waals surface area contributed by atoms with Gasteiger partial charge in [0.1, 0.15) is 5.69 Å². The molecule has 1 amide bonds. The van der Waals surface area contributed by atoms with Gasteiger partial charge in [0.05, 0.1) is 31.3 Å². The van der Waals surface area contributed by atoms with Gasteiger partial charge in [-0.2, -0.15) is 5.10 Å². The molecular weight excluding hydrogens is 525 g/mol. The number of aromatic nitrogens is 2. The molecular formula is C23H29ClFN7O4S. The Morgan fingerprint density at radius 2 is 2.03 bits per heavy atom. The van der Waals surface area contributed by atoms with Crippen LogP contribution in [0.3, 0.4) is 0 Å². The number of alkyl carbamates (subject to hydrolysis) is 1. The van der Waals surface area contributed by atoms with Crippen LogP contribution in [0.4, 0.5) is 14.9 Å². The van der Waals surface area contributed by atoms with Crippen LogP contribution in [0, 0.1) is 5.82 Å². The first kappa shape index (κ1) is 26.9. The first-order valence-corrected chi connectivity index (χ1v) is 13.8. The summed E-state index contributed by atoms with van der Waals surface area (Å²) in [5.74, 6) is -1.49. The number of carbonyl (C=O) groups excluding carboxylic acids is 1. The van der Waals surface area contributed by atoms with Gasteiger partial charge >= 0.3 is 6.09 Å². The monoisotopic (exact) mass is 553 g/mol. The lowest BCUT2D eigenvalue weighted by atomic mass is 10.0. The van der Waals surface area contributed by atoms with Crippen molar-refractivity contribution >= 4 is 45.3 Å². The van der Waals surface area contributed by atoms with Crippen LogP contribution in [0.5, 0.6) is 0 Å². The standard InChI is InChI=1S/C23H29ClFN7O4S/c1-13(2)32-11-17(21(29-32)16-8-15(24)9-18(20(16)25)30-37(5,34)35)19-6-7-26-23(12-31(19)23)27-10-14(3)28-22(33)36-4/h6-9,11,13-14,27,30H,10,12H2,1-5H3,(H,28,33)/t14-,23?,31?/m0/s1. The van der Waals surface area contributed by atoms with E-state index in [2.05, 4.69) is 30.2 Å². The molecule has 2 aliphatic heterocycles. The maximum Gasteiger partial charge on any atom is 0.407 e. The molecule has 14 heteroatoms. The molecule has 11 nitrogen and oxygen atoms in total. The maximum absolute atomic E-state index is 15.6. The molecule has 0 spiro atoms. The highest BCUT2D eigenvalue weighted by molar-refractivity contribution is 7.92. The van der Waals surface area contributed by atoms with Crippen LogP contribution in [-0.2, 0) is 14.8 Å². The summed E-state index contributed by atoms with van der Waals surface area (Å²) in [6, 6.07) is 2.40. The third-order valence-electron chi connectivity index (χ3n) is 5.90. The summed E-state index contributed by atoms with van der Waals surface area (Å²) in [6.45, 7) is 6.71. The lowest BCUT2D eigenvalue weighted by Gasteiger charge is -2.23. The summed E-state index contributed by atoms with van der Waals surface area (Å²) in [5.41, 5.74) is 1.51. The lowest BCUT2D eigenvalue weighted by Crippen LogP contribution is -2.46. The van der Waals surface area contributed by atoms with Gasteiger partial charge in [-0.3, -0.25) is 14.7 Å². The minimum absolute atomic E-state index is 0.0245. The number of allylic oxidation sites excluding steroid dienone is 1. The quantitative estimate of drug-likeness (QED) is 0.407. The van der Waals surface area contributed by atoms with Crippen LogP contribution < -0.4 is 15.4 Å². The van der Waals surface area contributed by atoms with Crippen molar-refractivity contribution in [3.63, 3.8) is 0 Å². The molecule has 0 saturated carbocycles. The van der Waals surface area contributed by atoms with Crippen molar-refractivity contribution in [2.24, 2.45) is 4.99 Å². The lowest BCUT2D eigenvalue weighted by molar-refractivity contribution is 0.166. The molecule has 0 radical (unpaired) electrons. The number of methoxy groups -OCH3 is 1. The molecule has 2 aliphatic rings. The van der Waals surface area contributed by atoms with Crippen LogP contribution in [-0.4, -0.2) is 73.7 Å². The fraction of sp³-hybridized carbons (Fsp3) is 0.435. The molecule has 1 saturated heterocycles. The first-order valence-electron chi connectivity index (χ1n) is 11.5. The number of fused-ring (bicyclic) bond motifs is 1. The van der Waals surface area contributed by atoms with Gasteiger partial charge in [0.15, 0.2) is 5.82 Å². The third kappa shape index (κ3) is 5.73. The summed E-state index contributed by atoms with van der Waals surface area (Å²) < 4.78 is 47.7. The van der Waals surface area contributed by atoms with Crippen LogP contribution in [0.1, 0.15) is 32.4 Å². The van der Waals surface area contributed by atoms with E-state index in [4.69, 9.17) is 11.6 Å². The summed E-state index contributed by atoms with van der Waals surface area (Å²) in [4.78, 5) is 18.1. The van der Waals surface area contributed by atoms with E-state index >= 15 is 4.39 Å². The predicted octanol–water partition coefficient (Wildman–Crippen LogP) is 3.02. The molecule has 37 heavy (non-hydrogen) atoms. The minimum atomic E-state index is -3.74. The zero-order chi connectivity index (χ0) is 27.1. The van der Waals surface area contributed by atoms with E-state index in [-0.39, 0.29) is 28.4 Å². The molecule has 1 aromatic carbocycles. The van der Waals surface area contributed by atoms with Crippen LogP contribution >= 0.6 is 11.6 Å². The molecule has 3 heterocycles. The topological polar surface area (TPSA) is 130 Å². The number of benzene rings is 1. The number of nitrogens with one attached hydrogen (secondary N) is 3. The summed E-state index contributed by atoms with van der Waals surface area (Å²) >= 11 is 6.25. The van der Waals surface area contributed by atoms with Gasteiger partial charge in [0, 0.05) is 47.2 Å². The van der Waals surface area contributed by atoms with Gasteiger partial charge < -0.3 is 15.0 Å². The Hall–Kier alpha value is -3.16. The summed E-state index contributed by atoms with van der Waals surface area (Å²) in [7, 11) is -2.44. The Morgan fingerprint density at radius 3 is 2.68 bits per heavy atom. The highest BCUT2D eigenvalue weighted by Gasteiger charge is 2.55. The largest absolute Gasteiger partial charge is 0.453 e.